The Morgan fingerprint density at radius 2 is 1.89 bits per heavy atom. The smallest absolute Gasteiger partial charge is 0.231 e. The number of fused-ring (bicyclic) bond motifs is 3. The highest BCUT2D eigenvalue weighted by molar-refractivity contribution is 6.76. The molecule has 0 amide bonds. The minimum atomic E-state index is -1.19. The zero-order chi connectivity index (χ0) is 19.2. The van der Waals surface area contributed by atoms with Crippen LogP contribution in [0.3, 0.4) is 0 Å². The molecule has 5 heteroatoms. The van der Waals surface area contributed by atoms with Crippen LogP contribution in [0.2, 0.25) is 25.7 Å². The van der Waals surface area contributed by atoms with Gasteiger partial charge in [-0.05, 0) is 48.6 Å². The van der Waals surface area contributed by atoms with Gasteiger partial charge < -0.3 is 14.4 Å². The van der Waals surface area contributed by atoms with Gasteiger partial charge >= 0.3 is 0 Å². The van der Waals surface area contributed by atoms with Crippen molar-refractivity contribution in [2.75, 3.05) is 19.9 Å². The number of carbonyl (C=O) groups excluding carboxylic acids is 1. The van der Waals surface area contributed by atoms with Gasteiger partial charge in [-0.3, -0.25) is 4.79 Å². The highest BCUT2D eigenvalue weighted by Crippen LogP contribution is 2.42. The third-order valence-corrected chi connectivity index (χ3v) is 7.04. The molecule has 0 N–H and O–H groups in total. The van der Waals surface area contributed by atoms with E-state index >= 15 is 0 Å². The lowest BCUT2D eigenvalue weighted by atomic mass is 9.87. The summed E-state index contributed by atoms with van der Waals surface area (Å²) in [7, 11) is -1.19. The van der Waals surface area contributed by atoms with Crippen LogP contribution in [0, 0.1) is 0 Å². The van der Waals surface area contributed by atoms with E-state index in [0.717, 1.165) is 61.0 Å². The van der Waals surface area contributed by atoms with Crippen LogP contribution >= 0.6 is 0 Å². The standard InChI is InChI=1S/C22H29NO3Si/c1-15(13-27(2,3)4)12-23-9-8-16-10-20-21(26-14-25-20)11-17(16)22-18(23)6-5-7-19(22)24/h10-11H,1,5-9,12-14H2,2-4H3. The summed E-state index contributed by atoms with van der Waals surface area (Å²) in [5.74, 6) is 1.82. The Morgan fingerprint density at radius 3 is 2.63 bits per heavy atom. The van der Waals surface area contributed by atoms with E-state index in [0.29, 0.717) is 6.42 Å². The number of ether oxygens (including phenoxy) is 2. The zero-order valence-electron chi connectivity index (χ0n) is 16.7. The predicted molar refractivity (Wildman–Crippen MR) is 111 cm³/mol. The van der Waals surface area contributed by atoms with E-state index in [-0.39, 0.29) is 12.6 Å². The molecule has 0 spiro atoms. The molecule has 1 aromatic carbocycles. The predicted octanol–water partition coefficient (Wildman–Crippen LogP) is 4.63. The molecule has 1 aliphatic carbocycles. The molecule has 2 aliphatic heterocycles. The molecule has 144 valence electrons. The van der Waals surface area contributed by atoms with Crippen molar-refractivity contribution < 1.29 is 14.3 Å². The number of ketones is 1. The maximum atomic E-state index is 12.9. The normalized spacial score (nSPS) is 18.9. The van der Waals surface area contributed by atoms with Gasteiger partial charge in [0, 0.05) is 38.9 Å². The Kier molecular flexibility index (Phi) is 4.66. The van der Waals surface area contributed by atoms with Gasteiger partial charge in [0.05, 0.1) is 0 Å². The molecular formula is C22H29NO3Si. The van der Waals surface area contributed by atoms with Gasteiger partial charge in [-0.15, -0.1) is 0 Å². The first-order valence-corrected chi connectivity index (χ1v) is 13.6. The molecule has 0 saturated heterocycles. The van der Waals surface area contributed by atoms with E-state index in [2.05, 4.69) is 37.2 Å². The van der Waals surface area contributed by atoms with Gasteiger partial charge in [-0.2, -0.15) is 0 Å². The summed E-state index contributed by atoms with van der Waals surface area (Å²) in [6, 6.07) is 5.23. The molecule has 0 bridgehead atoms. The van der Waals surface area contributed by atoms with Crippen molar-refractivity contribution in [3.05, 3.63) is 41.1 Å². The number of Topliss-reactive ketones (excluding diaryl/α,β-unsaturated/α-hetero) is 1. The minimum Gasteiger partial charge on any atom is -0.454 e. The Bertz CT molecular complexity index is 835. The van der Waals surface area contributed by atoms with Gasteiger partial charge in [-0.25, -0.2) is 0 Å². The van der Waals surface area contributed by atoms with Gasteiger partial charge in [0.15, 0.2) is 17.3 Å². The van der Waals surface area contributed by atoms with E-state index in [1.807, 2.05) is 6.07 Å². The first-order chi connectivity index (χ1) is 12.8. The van der Waals surface area contributed by atoms with E-state index in [9.17, 15) is 4.79 Å². The second kappa shape index (κ2) is 6.86. The lowest BCUT2D eigenvalue weighted by molar-refractivity contribution is -0.114. The third-order valence-electron chi connectivity index (χ3n) is 5.48. The topological polar surface area (TPSA) is 38.8 Å². The summed E-state index contributed by atoms with van der Waals surface area (Å²) in [6.45, 7) is 13.6. The SMILES string of the molecule is C=C(CN1CCc2cc3c(cc2C2=C1CCCC2=O)OCO3)C[Si](C)(C)C. The summed E-state index contributed by atoms with van der Waals surface area (Å²) < 4.78 is 11.2. The number of rotatable bonds is 4. The molecule has 4 nitrogen and oxygen atoms in total. The Hall–Kier alpha value is -2.01. The van der Waals surface area contributed by atoms with E-state index in [4.69, 9.17) is 9.47 Å². The largest absolute Gasteiger partial charge is 0.454 e. The molecule has 1 aromatic rings. The van der Waals surface area contributed by atoms with Crippen molar-refractivity contribution >= 4 is 19.4 Å². The van der Waals surface area contributed by atoms with Crippen molar-refractivity contribution in [3.63, 3.8) is 0 Å². The average Bonchev–Trinajstić information content (AvgIpc) is 2.97. The summed E-state index contributed by atoms with van der Waals surface area (Å²) in [6.07, 6.45) is 3.45. The van der Waals surface area contributed by atoms with E-state index < -0.39 is 8.07 Å². The zero-order valence-corrected chi connectivity index (χ0v) is 17.7. The number of allylic oxidation sites excluding steroid dienone is 2. The Morgan fingerprint density at radius 1 is 1.15 bits per heavy atom. The number of hydrogen-bond acceptors (Lipinski definition) is 4. The van der Waals surface area contributed by atoms with Crippen LogP contribution in [0.1, 0.15) is 30.4 Å². The highest BCUT2D eigenvalue weighted by Gasteiger charge is 2.32. The first-order valence-electron chi connectivity index (χ1n) is 9.93. The second-order valence-corrected chi connectivity index (χ2v) is 14.6. The van der Waals surface area contributed by atoms with Crippen LogP contribution in [0.15, 0.2) is 30.0 Å². The number of benzene rings is 1. The van der Waals surface area contributed by atoms with Crippen LogP contribution in [-0.4, -0.2) is 38.6 Å². The summed E-state index contributed by atoms with van der Waals surface area (Å²) >= 11 is 0. The Labute approximate surface area is 162 Å². The van der Waals surface area contributed by atoms with Crippen LogP contribution in [0.4, 0.5) is 0 Å². The van der Waals surface area contributed by atoms with Crippen LogP contribution in [0.25, 0.3) is 5.57 Å². The minimum absolute atomic E-state index is 0.263. The van der Waals surface area contributed by atoms with Gasteiger partial charge in [0.25, 0.3) is 0 Å². The van der Waals surface area contributed by atoms with Crippen molar-refractivity contribution in [3.8, 4) is 11.5 Å². The molecule has 0 unspecified atom stereocenters. The average molecular weight is 384 g/mol. The molecule has 0 radical (unpaired) electrons. The van der Waals surface area contributed by atoms with Crippen molar-refractivity contribution in [1.82, 2.24) is 4.90 Å². The van der Waals surface area contributed by atoms with Crippen molar-refractivity contribution in [1.29, 1.82) is 0 Å². The lowest BCUT2D eigenvalue weighted by Crippen LogP contribution is -2.31. The third kappa shape index (κ3) is 3.70. The number of carbonyl (C=O) groups is 1. The maximum absolute atomic E-state index is 12.9. The molecule has 0 atom stereocenters. The number of nitrogens with zero attached hydrogens (tertiary/aromatic N) is 1. The molecule has 2 heterocycles. The monoisotopic (exact) mass is 383 g/mol. The fraction of sp³-hybridized carbons (Fsp3) is 0.500. The lowest BCUT2D eigenvalue weighted by Gasteiger charge is -2.32. The summed E-state index contributed by atoms with van der Waals surface area (Å²) in [4.78, 5) is 15.4. The fourth-order valence-corrected chi connectivity index (χ4v) is 6.13. The molecule has 0 saturated carbocycles. The summed E-state index contributed by atoms with van der Waals surface area (Å²) in [5, 5.41) is 0. The van der Waals surface area contributed by atoms with E-state index in [1.165, 1.54) is 16.8 Å². The van der Waals surface area contributed by atoms with Crippen molar-refractivity contribution in [2.45, 2.75) is 51.4 Å². The quantitative estimate of drug-likeness (QED) is 0.561. The molecule has 0 aromatic heterocycles. The van der Waals surface area contributed by atoms with Crippen molar-refractivity contribution in [2.24, 2.45) is 0 Å². The molecule has 4 rings (SSSR count). The molecule has 0 fully saturated rings. The first kappa shape index (κ1) is 18.4. The number of hydrogen-bond donors (Lipinski definition) is 0. The Balaban J connectivity index is 1.72. The van der Waals surface area contributed by atoms with Gasteiger partial charge in [0.1, 0.15) is 0 Å². The fourth-order valence-electron chi connectivity index (χ4n) is 4.51. The van der Waals surface area contributed by atoms with E-state index in [1.54, 1.807) is 0 Å². The highest BCUT2D eigenvalue weighted by atomic mass is 28.3. The molecular weight excluding hydrogens is 354 g/mol. The summed E-state index contributed by atoms with van der Waals surface area (Å²) in [5.41, 5.74) is 5.66. The van der Waals surface area contributed by atoms with Crippen LogP contribution < -0.4 is 9.47 Å². The van der Waals surface area contributed by atoms with Crippen LogP contribution in [0.5, 0.6) is 11.5 Å². The molecule has 3 aliphatic rings. The van der Waals surface area contributed by atoms with Gasteiger partial charge in [0.2, 0.25) is 6.79 Å². The maximum Gasteiger partial charge on any atom is 0.231 e. The second-order valence-electron chi connectivity index (χ2n) is 9.12. The van der Waals surface area contributed by atoms with Gasteiger partial charge in [-0.1, -0.05) is 31.8 Å². The molecule has 27 heavy (non-hydrogen) atoms. The van der Waals surface area contributed by atoms with Crippen LogP contribution in [-0.2, 0) is 11.2 Å².